The first-order valence-electron chi connectivity index (χ1n) is 5.99. The number of nitrogens with zero attached hydrogens (tertiary/aromatic N) is 1. The number of aromatic hydroxyl groups is 1. The zero-order valence-electron chi connectivity index (χ0n) is 11.0. The van der Waals surface area contributed by atoms with Crippen molar-refractivity contribution >= 4 is 0 Å². The standard InChI is InChI=1S/C14H15FN2O2/c1-7(2)11-13(18)16-12(17-14(11)19)9-4-8(3)5-10(15)6-9/h4-7H,1-3H3,(H2,16,17,18,19). The molecule has 4 nitrogen and oxygen atoms in total. The SMILES string of the molecule is Cc1cc(F)cc(-c2nc(O)c(C(C)C)c(=O)[nH]2)c1. The van der Waals surface area contributed by atoms with E-state index in [1.54, 1.807) is 26.8 Å². The van der Waals surface area contributed by atoms with E-state index in [9.17, 15) is 14.3 Å². The Bertz CT molecular complexity index is 657. The van der Waals surface area contributed by atoms with Crippen LogP contribution >= 0.6 is 0 Å². The first-order valence-corrected chi connectivity index (χ1v) is 5.99. The highest BCUT2D eigenvalue weighted by Crippen LogP contribution is 2.23. The second-order valence-corrected chi connectivity index (χ2v) is 4.82. The molecule has 0 bridgehead atoms. The fourth-order valence-corrected chi connectivity index (χ4v) is 2.00. The number of rotatable bonds is 2. The lowest BCUT2D eigenvalue weighted by molar-refractivity contribution is 0.440. The van der Waals surface area contributed by atoms with Gasteiger partial charge in [0.05, 0.1) is 5.56 Å². The van der Waals surface area contributed by atoms with Crippen molar-refractivity contribution in [2.24, 2.45) is 0 Å². The third-order valence-corrected chi connectivity index (χ3v) is 2.83. The topological polar surface area (TPSA) is 66.0 Å². The summed E-state index contributed by atoms with van der Waals surface area (Å²) in [7, 11) is 0. The van der Waals surface area contributed by atoms with Crippen molar-refractivity contribution in [2.75, 3.05) is 0 Å². The predicted octanol–water partition coefficient (Wildman–Crippen LogP) is 2.71. The van der Waals surface area contributed by atoms with Crippen molar-refractivity contribution in [1.82, 2.24) is 9.97 Å². The van der Waals surface area contributed by atoms with Gasteiger partial charge in [-0.3, -0.25) is 4.79 Å². The van der Waals surface area contributed by atoms with Crippen molar-refractivity contribution in [1.29, 1.82) is 0 Å². The summed E-state index contributed by atoms with van der Waals surface area (Å²) in [6.07, 6.45) is 0. The van der Waals surface area contributed by atoms with Gasteiger partial charge in [0.25, 0.3) is 5.56 Å². The second kappa shape index (κ2) is 4.84. The average Bonchev–Trinajstić information content (AvgIpc) is 2.25. The zero-order chi connectivity index (χ0) is 14.2. The lowest BCUT2D eigenvalue weighted by Gasteiger charge is -2.09. The summed E-state index contributed by atoms with van der Waals surface area (Å²) >= 11 is 0. The molecule has 0 aliphatic heterocycles. The van der Waals surface area contributed by atoms with E-state index >= 15 is 0 Å². The molecule has 0 unspecified atom stereocenters. The molecule has 0 atom stereocenters. The maximum atomic E-state index is 13.3. The Kier molecular flexibility index (Phi) is 3.38. The molecule has 0 fully saturated rings. The molecule has 1 aromatic heterocycles. The zero-order valence-corrected chi connectivity index (χ0v) is 11.0. The number of aromatic nitrogens is 2. The van der Waals surface area contributed by atoms with Gasteiger partial charge in [-0.1, -0.05) is 13.8 Å². The van der Waals surface area contributed by atoms with Gasteiger partial charge in [0.2, 0.25) is 5.88 Å². The van der Waals surface area contributed by atoms with Crippen LogP contribution in [-0.4, -0.2) is 15.1 Å². The predicted molar refractivity (Wildman–Crippen MR) is 70.7 cm³/mol. The Morgan fingerprint density at radius 2 is 2.00 bits per heavy atom. The molecule has 0 saturated carbocycles. The quantitative estimate of drug-likeness (QED) is 0.874. The molecule has 100 valence electrons. The molecule has 5 heteroatoms. The minimum atomic E-state index is -0.412. The van der Waals surface area contributed by atoms with Gasteiger partial charge in [-0.05, 0) is 36.6 Å². The molecule has 2 aromatic rings. The molecule has 2 rings (SSSR count). The third kappa shape index (κ3) is 2.65. The molecular formula is C14H15FN2O2. The molecule has 0 aliphatic carbocycles. The summed E-state index contributed by atoms with van der Waals surface area (Å²) in [5, 5.41) is 9.82. The number of hydrogen-bond donors (Lipinski definition) is 2. The van der Waals surface area contributed by atoms with Crippen LogP contribution < -0.4 is 5.56 Å². The fraction of sp³-hybridized carbons (Fsp3) is 0.286. The van der Waals surface area contributed by atoms with E-state index in [4.69, 9.17) is 0 Å². The molecule has 19 heavy (non-hydrogen) atoms. The van der Waals surface area contributed by atoms with Crippen molar-refractivity contribution in [3.05, 3.63) is 45.5 Å². The van der Waals surface area contributed by atoms with E-state index in [1.165, 1.54) is 12.1 Å². The summed E-state index contributed by atoms with van der Waals surface area (Å²) in [4.78, 5) is 18.4. The molecular weight excluding hydrogens is 247 g/mol. The highest BCUT2D eigenvalue weighted by molar-refractivity contribution is 5.57. The number of benzene rings is 1. The number of halogens is 1. The van der Waals surface area contributed by atoms with Gasteiger partial charge in [-0.2, -0.15) is 4.98 Å². The maximum Gasteiger partial charge on any atom is 0.258 e. The minimum Gasteiger partial charge on any atom is -0.493 e. The highest BCUT2D eigenvalue weighted by Gasteiger charge is 2.15. The van der Waals surface area contributed by atoms with Crippen molar-refractivity contribution < 1.29 is 9.50 Å². The van der Waals surface area contributed by atoms with Gasteiger partial charge in [0.1, 0.15) is 11.6 Å². The summed E-state index contributed by atoms with van der Waals surface area (Å²) < 4.78 is 13.3. The van der Waals surface area contributed by atoms with Gasteiger partial charge in [-0.15, -0.1) is 0 Å². The normalized spacial score (nSPS) is 11.0. The molecule has 2 N–H and O–H groups in total. The van der Waals surface area contributed by atoms with Crippen LogP contribution in [0.5, 0.6) is 5.88 Å². The largest absolute Gasteiger partial charge is 0.493 e. The number of nitrogens with one attached hydrogen (secondary N) is 1. The number of hydrogen-bond acceptors (Lipinski definition) is 3. The average molecular weight is 262 g/mol. The van der Waals surface area contributed by atoms with Crippen LogP contribution in [-0.2, 0) is 0 Å². The monoisotopic (exact) mass is 262 g/mol. The Morgan fingerprint density at radius 3 is 2.53 bits per heavy atom. The number of aryl methyl sites for hydroxylation is 1. The molecule has 0 radical (unpaired) electrons. The van der Waals surface area contributed by atoms with Crippen LogP contribution in [0.2, 0.25) is 0 Å². The maximum absolute atomic E-state index is 13.3. The summed E-state index contributed by atoms with van der Waals surface area (Å²) in [5.41, 5.74) is 0.974. The van der Waals surface area contributed by atoms with E-state index in [0.717, 1.165) is 0 Å². The minimum absolute atomic E-state index is 0.139. The summed E-state index contributed by atoms with van der Waals surface area (Å²) in [6, 6.07) is 4.33. The Hall–Kier alpha value is -2.17. The van der Waals surface area contributed by atoms with Crippen LogP contribution in [0.15, 0.2) is 23.0 Å². The first kappa shape index (κ1) is 13.3. The highest BCUT2D eigenvalue weighted by atomic mass is 19.1. The number of H-pyrrole nitrogens is 1. The number of aromatic amines is 1. The van der Waals surface area contributed by atoms with Crippen molar-refractivity contribution in [3.8, 4) is 17.3 Å². The van der Waals surface area contributed by atoms with Crippen molar-refractivity contribution in [3.63, 3.8) is 0 Å². The molecule has 0 amide bonds. The van der Waals surface area contributed by atoms with Gasteiger partial charge < -0.3 is 10.1 Å². The van der Waals surface area contributed by atoms with E-state index in [2.05, 4.69) is 9.97 Å². The summed E-state index contributed by atoms with van der Waals surface area (Å²) in [6.45, 7) is 5.32. The van der Waals surface area contributed by atoms with Gasteiger partial charge in [-0.25, -0.2) is 4.39 Å². The lowest BCUT2D eigenvalue weighted by Crippen LogP contribution is -2.16. The van der Waals surface area contributed by atoms with E-state index < -0.39 is 11.4 Å². The van der Waals surface area contributed by atoms with Crippen LogP contribution in [0.25, 0.3) is 11.4 Å². The summed E-state index contributed by atoms with van der Waals surface area (Å²) in [5.74, 6) is -0.699. The van der Waals surface area contributed by atoms with Crippen LogP contribution in [0.4, 0.5) is 4.39 Å². The Balaban J connectivity index is 2.62. The van der Waals surface area contributed by atoms with Gasteiger partial charge in [0.15, 0.2) is 0 Å². The van der Waals surface area contributed by atoms with E-state index in [0.29, 0.717) is 11.1 Å². The van der Waals surface area contributed by atoms with E-state index in [1.807, 2.05) is 0 Å². The first-order chi connectivity index (χ1) is 8.88. The molecule has 1 aromatic carbocycles. The molecule has 1 heterocycles. The molecule has 0 saturated heterocycles. The Morgan fingerprint density at radius 1 is 1.32 bits per heavy atom. The van der Waals surface area contributed by atoms with E-state index in [-0.39, 0.29) is 23.2 Å². The molecule has 0 aliphatic rings. The van der Waals surface area contributed by atoms with Crippen LogP contribution in [0.1, 0.15) is 30.9 Å². The Labute approximate surface area is 110 Å². The van der Waals surface area contributed by atoms with Crippen LogP contribution in [0, 0.1) is 12.7 Å². The lowest BCUT2D eigenvalue weighted by atomic mass is 10.1. The van der Waals surface area contributed by atoms with Crippen molar-refractivity contribution in [2.45, 2.75) is 26.7 Å². The smallest absolute Gasteiger partial charge is 0.258 e. The van der Waals surface area contributed by atoms with Gasteiger partial charge >= 0.3 is 0 Å². The van der Waals surface area contributed by atoms with Crippen LogP contribution in [0.3, 0.4) is 0 Å². The fourth-order valence-electron chi connectivity index (χ4n) is 2.00. The third-order valence-electron chi connectivity index (χ3n) is 2.83. The van der Waals surface area contributed by atoms with Gasteiger partial charge in [0, 0.05) is 5.56 Å². The molecule has 0 spiro atoms. The second-order valence-electron chi connectivity index (χ2n) is 4.82.